The van der Waals surface area contributed by atoms with Gasteiger partial charge in [-0.15, -0.1) is 0 Å². The van der Waals surface area contributed by atoms with Crippen LogP contribution >= 0.6 is 0 Å². The molecule has 0 radical (unpaired) electrons. The van der Waals surface area contributed by atoms with Crippen molar-refractivity contribution in [2.24, 2.45) is 5.92 Å². The molecule has 0 unspecified atom stereocenters. The highest BCUT2D eigenvalue weighted by atomic mass is 16.5. The van der Waals surface area contributed by atoms with Gasteiger partial charge in [-0.1, -0.05) is 13.8 Å². The number of carbonyl (C=O) groups excluding carboxylic acids is 1. The SMILES string of the molecule is CC(C)CCNC(=O)CCOCCOCC[N+](C)(C)C. The third-order valence-electron chi connectivity index (χ3n) is 2.80. The van der Waals surface area contributed by atoms with Crippen molar-refractivity contribution in [3.63, 3.8) is 0 Å². The molecular formula is C15H33N2O3+. The fourth-order valence-electron chi connectivity index (χ4n) is 1.41. The number of nitrogens with zero attached hydrogens (tertiary/aromatic N) is 1. The molecule has 20 heavy (non-hydrogen) atoms. The number of ether oxygens (including phenoxy) is 2. The molecule has 0 aromatic carbocycles. The Bertz CT molecular complexity index is 250. The van der Waals surface area contributed by atoms with Gasteiger partial charge in [0.15, 0.2) is 0 Å². The van der Waals surface area contributed by atoms with Crippen LogP contribution in [0, 0.1) is 5.92 Å². The van der Waals surface area contributed by atoms with Gasteiger partial charge in [-0.25, -0.2) is 0 Å². The molecule has 0 aliphatic rings. The minimum Gasteiger partial charge on any atom is -0.379 e. The van der Waals surface area contributed by atoms with Gasteiger partial charge in [-0.05, 0) is 12.3 Å². The van der Waals surface area contributed by atoms with E-state index in [1.807, 2.05) is 0 Å². The lowest BCUT2D eigenvalue weighted by molar-refractivity contribution is -0.870. The van der Waals surface area contributed by atoms with Gasteiger partial charge in [0, 0.05) is 13.0 Å². The molecule has 0 heterocycles. The van der Waals surface area contributed by atoms with Crippen LogP contribution in [0.5, 0.6) is 0 Å². The summed E-state index contributed by atoms with van der Waals surface area (Å²) in [5.41, 5.74) is 0. The molecule has 0 aliphatic heterocycles. The van der Waals surface area contributed by atoms with Crippen molar-refractivity contribution in [3.8, 4) is 0 Å². The summed E-state index contributed by atoms with van der Waals surface area (Å²) < 4.78 is 11.7. The highest BCUT2D eigenvalue weighted by molar-refractivity contribution is 5.75. The van der Waals surface area contributed by atoms with Gasteiger partial charge in [0.1, 0.15) is 6.54 Å². The average molecular weight is 289 g/mol. The maximum atomic E-state index is 11.4. The van der Waals surface area contributed by atoms with Crippen LogP contribution in [0.25, 0.3) is 0 Å². The Labute approximate surface area is 124 Å². The Kier molecular flexibility index (Phi) is 10.7. The van der Waals surface area contributed by atoms with Gasteiger partial charge < -0.3 is 19.3 Å². The fourth-order valence-corrected chi connectivity index (χ4v) is 1.41. The van der Waals surface area contributed by atoms with Gasteiger partial charge in [-0.2, -0.15) is 0 Å². The van der Waals surface area contributed by atoms with Gasteiger partial charge in [0.05, 0.1) is 47.6 Å². The monoisotopic (exact) mass is 289 g/mol. The number of hydrogen-bond donors (Lipinski definition) is 1. The van der Waals surface area contributed by atoms with Crippen molar-refractivity contribution in [1.29, 1.82) is 0 Å². The second kappa shape index (κ2) is 11.1. The molecule has 5 nitrogen and oxygen atoms in total. The Morgan fingerprint density at radius 3 is 2.20 bits per heavy atom. The van der Waals surface area contributed by atoms with Crippen molar-refractivity contribution in [2.45, 2.75) is 26.7 Å². The molecule has 0 fully saturated rings. The predicted octanol–water partition coefficient (Wildman–Crippen LogP) is 1.28. The molecule has 0 atom stereocenters. The smallest absolute Gasteiger partial charge is 0.222 e. The minimum absolute atomic E-state index is 0.0663. The minimum atomic E-state index is 0.0663. The number of rotatable bonds is 12. The second-order valence-electron chi connectivity index (χ2n) is 6.52. The van der Waals surface area contributed by atoms with Gasteiger partial charge in [0.2, 0.25) is 5.91 Å². The topological polar surface area (TPSA) is 47.6 Å². The zero-order chi connectivity index (χ0) is 15.4. The Balaban J connectivity index is 3.25. The van der Waals surface area contributed by atoms with E-state index in [2.05, 4.69) is 40.3 Å². The number of carbonyl (C=O) groups is 1. The van der Waals surface area contributed by atoms with E-state index in [1.54, 1.807) is 0 Å². The summed E-state index contributed by atoms with van der Waals surface area (Å²) in [5, 5.41) is 2.89. The number of hydrogen-bond acceptors (Lipinski definition) is 3. The first-order valence-corrected chi connectivity index (χ1v) is 7.54. The van der Waals surface area contributed by atoms with E-state index < -0.39 is 0 Å². The number of quaternary nitrogens is 1. The molecule has 0 aromatic rings. The van der Waals surface area contributed by atoms with Crippen molar-refractivity contribution in [1.82, 2.24) is 5.32 Å². The van der Waals surface area contributed by atoms with Crippen LogP contribution in [0.3, 0.4) is 0 Å². The van der Waals surface area contributed by atoms with Gasteiger partial charge in [0.25, 0.3) is 0 Å². The zero-order valence-corrected chi connectivity index (χ0v) is 13.9. The van der Waals surface area contributed by atoms with Crippen molar-refractivity contribution in [2.75, 3.05) is 60.7 Å². The summed E-state index contributed by atoms with van der Waals surface area (Å²) in [4.78, 5) is 11.4. The van der Waals surface area contributed by atoms with Crippen molar-refractivity contribution < 1.29 is 18.8 Å². The summed E-state index contributed by atoms with van der Waals surface area (Å²) >= 11 is 0. The predicted molar refractivity (Wildman–Crippen MR) is 81.6 cm³/mol. The molecule has 0 aliphatic carbocycles. The van der Waals surface area contributed by atoms with Gasteiger partial charge in [-0.3, -0.25) is 4.79 Å². The maximum absolute atomic E-state index is 11.4. The lowest BCUT2D eigenvalue weighted by Gasteiger charge is -2.23. The Morgan fingerprint density at radius 2 is 1.65 bits per heavy atom. The molecule has 0 saturated heterocycles. The molecular weight excluding hydrogens is 256 g/mol. The lowest BCUT2D eigenvalue weighted by Crippen LogP contribution is -2.37. The van der Waals surface area contributed by atoms with Crippen LogP contribution in [-0.2, 0) is 14.3 Å². The van der Waals surface area contributed by atoms with E-state index in [1.165, 1.54) is 0 Å². The van der Waals surface area contributed by atoms with E-state index in [9.17, 15) is 4.79 Å². The molecule has 0 spiro atoms. The summed E-state index contributed by atoms with van der Waals surface area (Å²) in [6.07, 6.45) is 1.45. The van der Waals surface area contributed by atoms with Crippen LogP contribution in [0.4, 0.5) is 0 Å². The third-order valence-corrected chi connectivity index (χ3v) is 2.80. The zero-order valence-electron chi connectivity index (χ0n) is 13.9. The molecule has 1 amide bonds. The largest absolute Gasteiger partial charge is 0.379 e. The van der Waals surface area contributed by atoms with E-state index >= 15 is 0 Å². The quantitative estimate of drug-likeness (QED) is 0.435. The van der Waals surface area contributed by atoms with Crippen LogP contribution in [0.2, 0.25) is 0 Å². The van der Waals surface area contributed by atoms with E-state index in [-0.39, 0.29) is 5.91 Å². The Hall–Kier alpha value is -0.650. The van der Waals surface area contributed by atoms with Gasteiger partial charge >= 0.3 is 0 Å². The van der Waals surface area contributed by atoms with Crippen molar-refractivity contribution in [3.05, 3.63) is 0 Å². The summed E-state index contributed by atoms with van der Waals surface area (Å²) in [7, 11) is 6.41. The van der Waals surface area contributed by atoms with E-state index in [0.717, 1.165) is 30.6 Å². The first-order valence-electron chi connectivity index (χ1n) is 7.54. The highest BCUT2D eigenvalue weighted by Gasteiger charge is 2.05. The van der Waals surface area contributed by atoms with E-state index in [0.29, 0.717) is 32.2 Å². The second-order valence-corrected chi connectivity index (χ2v) is 6.52. The standard InChI is InChI=1S/C15H32N2O3/c1-14(2)6-8-16-15(18)7-10-19-12-13-20-11-9-17(3,4)5/h14H,6-13H2,1-5H3/p+1. The molecule has 0 rings (SSSR count). The number of nitrogens with one attached hydrogen (secondary N) is 1. The first-order chi connectivity index (χ1) is 9.31. The summed E-state index contributed by atoms with van der Waals surface area (Å²) in [6.45, 7) is 8.38. The average Bonchev–Trinajstić information content (AvgIpc) is 2.30. The third kappa shape index (κ3) is 15.4. The summed E-state index contributed by atoms with van der Waals surface area (Å²) in [5.74, 6) is 0.687. The number of amides is 1. The molecule has 1 N–H and O–H groups in total. The first kappa shape index (κ1) is 19.4. The van der Waals surface area contributed by atoms with Crippen LogP contribution < -0.4 is 5.32 Å². The lowest BCUT2D eigenvalue weighted by atomic mass is 10.1. The fraction of sp³-hybridized carbons (Fsp3) is 0.933. The van der Waals surface area contributed by atoms with Crippen LogP contribution in [-0.4, -0.2) is 71.1 Å². The maximum Gasteiger partial charge on any atom is 0.222 e. The van der Waals surface area contributed by atoms with Crippen LogP contribution in [0.1, 0.15) is 26.7 Å². The normalized spacial score (nSPS) is 11.9. The molecule has 120 valence electrons. The Morgan fingerprint density at radius 1 is 1.05 bits per heavy atom. The van der Waals surface area contributed by atoms with Crippen molar-refractivity contribution >= 4 is 5.91 Å². The molecule has 5 heteroatoms. The van der Waals surface area contributed by atoms with Crippen LogP contribution in [0.15, 0.2) is 0 Å². The number of likely N-dealkylation sites (N-methyl/N-ethyl adjacent to an activating group) is 1. The summed E-state index contributed by atoms with van der Waals surface area (Å²) in [6, 6.07) is 0. The molecule has 0 bridgehead atoms. The highest BCUT2D eigenvalue weighted by Crippen LogP contribution is 1.96. The molecule has 0 aromatic heterocycles. The molecule has 0 saturated carbocycles. The van der Waals surface area contributed by atoms with E-state index in [4.69, 9.17) is 9.47 Å².